The van der Waals surface area contributed by atoms with Crippen molar-refractivity contribution in [3.05, 3.63) is 57.8 Å². The van der Waals surface area contributed by atoms with Crippen LogP contribution in [0.2, 0.25) is 0 Å². The maximum absolute atomic E-state index is 12.7. The number of rotatable bonds is 9. The highest BCUT2D eigenvalue weighted by atomic mass is 32.2. The van der Waals surface area contributed by atoms with Crippen molar-refractivity contribution in [3.8, 4) is 17.0 Å². The minimum Gasteiger partial charge on any atom is -0.496 e. The zero-order valence-electron chi connectivity index (χ0n) is 18.9. The number of hydrogen-bond acceptors (Lipinski definition) is 7. The summed E-state index contributed by atoms with van der Waals surface area (Å²) in [5.74, 6) is 0.174. The van der Waals surface area contributed by atoms with Gasteiger partial charge in [-0.15, -0.1) is 11.3 Å². The number of pyridine rings is 1. The van der Waals surface area contributed by atoms with Gasteiger partial charge >= 0.3 is 0 Å². The third-order valence-corrected chi connectivity index (χ3v) is 7.79. The maximum atomic E-state index is 12.7. The van der Waals surface area contributed by atoms with Crippen LogP contribution in [0.3, 0.4) is 0 Å². The number of amides is 1. The molecular formula is C22H26N4O5S2. The van der Waals surface area contributed by atoms with Gasteiger partial charge in [-0.3, -0.25) is 9.59 Å². The summed E-state index contributed by atoms with van der Waals surface area (Å²) < 4.78 is 33.2. The summed E-state index contributed by atoms with van der Waals surface area (Å²) >= 11 is 1.24. The highest BCUT2D eigenvalue weighted by molar-refractivity contribution is 7.89. The first kappa shape index (κ1) is 24.6. The third kappa shape index (κ3) is 5.49. The molecule has 0 aliphatic rings. The van der Waals surface area contributed by atoms with Crippen molar-refractivity contribution in [2.24, 2.45) is 0 Å². The van der Waals surface area contributed by atoms with Crippen molar-refractivity contribution in [2.75, 3.05) is 25.5 Å². The number of aromatic nitrogens is 2. The fraction of sp³-hybridized carbons (Fsp3) is 0.318. The number of sulfonamides is 1. The first-order valence-electron chi connectivity index (χ1n) is 10.3. The molecule has 0 saturated heterocycles. The third-order valence-electron chi connectivity index (χ3n) is 4.99. The van der Waals surface area contributed by atoms with Crippen LogP contribution in [0.15, 0.2) is 51.6 Å². The Morgan fingerprint density at radius 3 is 2.61 bits per heavy atom. The highest BCUT2D eigenvalue weighted by Gasteiger charge is 2.22. The van der Waals surface area contributed by atoms with E-state index >= 15 is 0 Å². The van der Waals surface area contributed by atoms with E-state index in [2.05, 4.69) is 10.3 Å². The smallest absolute Gasteiger partial charge is 0.251 e. The monoisotopic (exact) mass is 490 g/mol. The Hall–Kier alpha value is -3.02. The number of methoxy groups -OCH3 is 1. The molecule has 0 saturated carbocycles. The Balaban J connectivity index is 1.79. The largest absolute Gasteiger partial charge is 0.496 e. The van der Waals surface area contributed by atoms with Gasteiger partial charge in [-0.1, -0.05) is 25.5 Å². The van der Waals surface area contributed by atoms with Crippen LogP contribution in [-0.4, -0.2) is 48.4 Å². The Kier molecular flexibility index (Phi) is 7.67. The topological polar surface area (TPSA) is 111 Å². The SMILES string of the molecule is CCN(CC)S(=O)(=O)c1ccc(=O)n(CC(=O)Nc2nc(-c3cc(C)ccc3OC)cs2)c1. The second-order valence-electron chi connectivity index (χ2n) is 7.21. The van der Waals surface area contributed by atoms with Gasteiger partial charge in [0.25, 0.3) is 5.56 Å². The number of nitrogens with one attached hydrogen (secondary N) is 1. The molecule has 0 fully saturated rings. The molecule has 1 N–H and O–H groups in total. The van der Waals surface area contributed by atoms with Crippen molar-refractivity contribution < 1.29 is 17.9 Å². The van der Waals surface area contributed by atoms with Crippen molar-refractivity contribution in [3.63, 3.8) is 0 Å². The van der Waals surface area contributed by atoms with Crippen LogP contribution in [0.1, 0.15) is 19.4 Å². The summed E-state index contributed by atoms with van der Waals surface area (Å²) in [7, 11) is -2.17. The van der Waals surface area contributed by atoms with E-state index in [4.69, 9.17) is 4.74 Å². The lowest BCUT2D eigenvalue weighted by Crippen LogP contribution is -2.33. The van der Waals surface area contributed by atoms with Crippen molar-refractivity contribution in [1.82, 2.24) is 13.9 Å². The Morgan fingerprint density at radius 1 is 1.21 bits per heavy atom. The molecule has 0 atom stereocenters. The van der Waals surface area contributed by atoms with E-state index in [1.54, 1.807) is 26.3 Å². The van der Waals surface area contributed by atoms with Gasteiger partial charge < -0.3 is 14.6 Å². The first-order valence-corrected chi connectivity index (χ1v) is 12.6. The van der Waals surface area contributed by atoms with E-state index in [0.29, 0.717) is 29.7 Å². The standard InChI is InChI=1S/C22H26N4O5S2/c1-5-26(6-2)33(29,30)16-8-10-21(28)25(12-16)13-20(27)24-22-23-18(14-32-22)17-11-15(3)7-9-19(17)31-4/h7-12,14H,5-6,13H2,1-4H3,(H,23,24,27). The van der Waals surface area contributed by atoms with Gasteiger partial charge in [0.2, 0.25) is 15.9 Å². The average Bonchev–Trinajstić information content (AvgIpc) is 3.24. The van der Waals surface area contributed by atoms with Gasteiger partial charge in [0, 0.05) is 36.3 Å². The molecule has 9 nitrogen and oxygen atoms in total. The number of benzene rings is 1. The lowest BCUT2D eigenvalue weighted by atomic mass is 10.1. The number of ether oxygens (including phenoxy) is 1. The van der Waals surface area contributed by atoms with Crippen LogP contribution in [0.4, 0.5) is 5.13 Å². The number of aryl methyl sites for hydroxylation is 1. The molecule has 176 valence electrons. The van der Waals surface area contributed by atoms with Gasteiger partial charge in [-0.25, -0.2) is 13.4 Å². The van der Waals surface area contributed by atoms with Gasteiger partial charge in [0.15, 0.2) is 5.13 Å². The van der Waals surface area contributed by atoms with Crippen LogP contribution >= 0.6 is 11.3 Å². The van der Waals surface area contributed by atoms with Crippen LogP contribution < -0.4 is 15.6 Å². The van der Waals surface area contributed by atoms with E-state index in [9.17, 15) is 18.0 Å². The molecule has 2 aromatic heterocycles. The van der Waals surface area contributed by atoms with Crippen LogP contribution in [-0.2, 0) is 21.4 Å². The van der Waals surface area contributed by atoms with Crippen molar-refractivity contribution in [2.45, 2.75) is 32.2 Å². The molecule has 0 aliphatic heterocycles. The lowest BCUT2D eigenvalue weighted by molar-refractivity contribution is -0.116. The lowest BCUT2D eigenvalue weighted by Gasteiger charge is -2.18. The number of carbonyl (C=O) groups is 1. The molecule has 0 bridgehead atoms. The fourth-order valence-electron chi connectivity index (χ4n) is 3.29. The predicted octanol–water partition coefficient (Wildman–Crippen LogP) is 2.96. The molecule has 0 aliphatic carbocycles. The zero-order chi connectivity index (χ0) is 24.2. The zero-order valence-corrected chi connectivity index (χ0v) is 20.5. The number of anilines is 1. The molecule has 1 amide bonds. The highest BCUT2D eigenvalue weighted by Crippen LogP contribution is 2.33. The summed E-state index contributed by atoms with van der Waals surface area (Å²) in [5, 5.41) is 4.83. The van der Waals surface area contributed by atoms with Crippen LogP contribution in [0.25, 0.3) is 11.3 Å². The van der Waals surface area contributed by atoms with Gasteiger partial charge in [-0.05, 0) is 25.1 Å². The second-order valence-corrected chi connectivity index (χ2v) is 10.0. The Bertz CT molecular complexity index is 1310. The number of hydrogen-bond donors (Lipinski definition) is 1. The predicted molar refractivity (Wildman–Crippen MR) is 128 cm³/mol. The minimum atomic E-state index is -3.75. The second kappa shape index (κ2) is 10.3. The first-order chi connectivity index (χ1) is 15.7. The van der Waals surface area contributed by atoms with E-state index in [0.717, 1.165) is 21.8 Å². The van der Waals surface area contributed by atoms with E-state index in [1.807, 2.05) is 25.1 Å². The minimum absolute atomic E-state index is 0.0401. The summed E-state index contributed by atoms with van der Waals surface area (Å²) in [6, 6.07) is 8.14. The maximum Gasteiger partial charge on any atom is 0.251 e. The molecule has 33 heavy (non-hydrogen) atoms. The van der Waals surface area contributed by atoms with E-state index in [1.165, 1.54) is 27.9 Å². The summed E-state index contributed by atoms with van der Waals surface area (Å²) in [4.78, 5) is 29.2. The molecule has 1 aromatic carbocycles. The number of carbonyl (C=O) groups excluding carboxylic acids is 1. The van der Waals surface area contributed by atoms with Gasteiger partial charge in [0.05, 0.1) is 17.7 Å². The number of nitrogens with zero attached hydrogens (tertiary/aromatic N) is 3. The summed E-state index contributed by atoms with van der Waals surface area (Å²) in [6.45, 7) is 5.69. The normalized spacial score (nSPS) is 11.5. The molecule has 3 aromatic rings. The molecule has 11 heteroatoms. The van der Waals surface area contributed by atoms with E-state index < -0.39 is 21.5 Å². The average molecular weight is 491 g/mol. The van der Waals surface area contributed by atoms with Crippen LogP contribution in [0, 0.1) is 6.92 Å². The van der Waals surface area contributed by atoms with E-state index in [-0.39, 0.29) is 11.4 Å². The molecule has 0 radical (unpaired) electrons. The summed E-state index contributed by atoms with van der Waals surface area (Å²) in [5.41, 5.74) is 2.02. The fourth-order valence-corrected chi connectivity index (χ4v) is 5.49. The summed E-state index contributed by atoms with van der Waals surface area (Å²) in [6.07, 6.45) is 1.19. The molecule has 0 spiro atoms. The van der Waals surface area contributed by atoms with Crippen molar-refractivity contribution in [1.29, 1.82) is 0 Å². The number of thiazole rings is 1. The van der Waals surface area contributed by atoms with Crippen LogP contribution in [0.5, 0.6) is 5.75 Å². The molecule has 3 rings (SSSR count). The van der Waals surface area contributed by atoms with Crippen molar-refractivity contribution >= 4 is 32.4 Å². The molecule has 2 heterocycles. The Labute approximate surface area is 196 Å². The quantitative estimate of drug-likeness (QED) is 0.494. The Morgan fingerprint density at radius 2 is 1.94 bits per heavy atom. The molecular weight excluding hydrogens is 464 g/mol. The molecule has 0 unspecified atom stereocenters. The van der Waals surface area contributed by atoms with Gasteiger partial charge in [-0.2, -0.15) is 4.31 Å². The van der Waals surface area contributed by atoms with Gasteiger partial charge in [0.1, 0.15) is 12.3 Å².